The molecule has 1 aromatic heterocycles. The van der Waals surface area contributed by atoms with Crippen molar-refractivity contribution < 1.29 is 9.53 Å². The van der Waals surface area contributed by atoms with Crippen LogP contribution in [0.25, 0.3) is 5.69 Å². The highest BCUT2D eigenvalue weighted by atomic mass is 16.6. The summed E-state index contributed by atoms with van der Waals surface area (Å²) < 4.78 is 8.67. The van der Waals surface area contributed by atoms with E-state index in [2.05, 4.69) is 4.90 Å². The van der Waals surface area contributed by atoms with Gasteiger partial charge in [-0.25, -0.2) is 9.48 Å². The molecule has 0 atom stereocenters. The fourth-order valence-corrected chi connectivity index (χ4v) is 3.33. The maximum absolute atomic E-state index is 13.0. The van der Waals surface area contributed by atoms with Crippen molar-refractivity contribution >= 4 is 6.09 Å². The van der Waals surface area contributed by atoms with E-state index in [4.69, 9.17) is 4.74 Å². The molecular weight excluding hydrogens is 332 g/mol. The minimum Gasteiger partial charge on any atom is -0.450 e. The van der Waals surface area contributed by atoms with E-state index >= 15 is 0 Å². The van der Waals surface area contributed by atoms with Crippen LogP contribution < -0.4 is 5.56 Å². The molecule has 0 N–H and O–H groups in total. The Morgan fingerprint density at radius 2 is 1.77 bits per heavy atom. The number of rotatable bonds is 4. The van der Waals surface area contributed by atoms with Crippen molar-refractivity contribution in [3.05, 3.63) is 51.9 Å². The average Bonchev–Trinajstić information content (AvgIpc) is 2.86. The van der Waals surface area contributed by atoms with E-state index in [-0.39, 0.29) is 11.7 Å². The van der Waals surface area contributed by atoms with Gasteiger partial charge in [0.15, 0.2) is 0 Å². The number of piperazine rings is 1. The molecule has 0 radical (unpaired) electrons. The summed E-state index contributed by atoms with van der Waals surface area (Å²) >= 11 is 0. The van der Waals surface area contributed by atoms with Gasteiger partial charge in [0.25, 0.3) is 5.56 Å². The second kappa shape index (κ2) is 7.78. The van der Waals surface area contributed by atoms with Crippen molar-refractivity contribution in [1.82, 2.24) is 19.2 Å². The summed E-state index contributed by atoms with van der Waals surface area (Å²) in [5.41, 5.74) is 2.65. The molecule has 7 heteroatoms. The number of hydrogen-bond donors (Lipinski definition) is 0. The molecule has 1 amide bonds. The van der Waals surface area contributed by atoms with Crippen molar-refractivity contribution in [2.45, 2.75) is 20.4 Å². The lowest BCUT2D eigenvalue weighted by molar-refractivity contribution is 0.0777. The van der Waals surface area contributed by atoms with Gasteiger partial charge in [-0.05, 0) is 26.0 Å². The molecule has 1 aliphatic rings. The van der Waals surface area contributed by atoms with Gasteiger partial charge in [-0.1, -0.05) is 18.2 Å². The van der Waals surface area contributed by atoms with Crippen LogP contribution in [0.15, 0.2) is 35.1 Å². The Bertz CT molecular complexity index is 817. The lowest BCUT2D eigenvalue weighted by atomic mass is 10.2. The van der Waals surface area contributed by atoms with Crippen LogP contribution in [-0.2, 0) is 18.3 Å². The Labute approximate surface area is 153 Å². The zero-order valence-electron chi connectivity index (χ0n) is 15.6. The summed E-state index contributed by atoms with van der Waals surface area (Å²) in [7, 11) is 1.91. The first kappa shape index (κ1) is 18.3. The molecule has 1 aromatic carbocycles. The summed E-state index contributed by atoms with van der Waals surface area (Å²) in [6, 6.07) is 9.66. The number of ether oxygens (including phenoxy) is 1. The highest BCUT2D eigenvalue weighted by Gasteiger charge is 2.24. The molecule has 0 aliphatic carbocycles. The minimum absolute atomic E-state index is 0.0176. The van der Waals surface area contributed by atoms with Crippen LogP contribution in [0.1, 0.15) is 18.2 Å². The van der Waals surface area contributed by atoms with Crippen LogP contribution in [0, 0.1) is 6.92 Å². The molecular formula is C19H26N4O3. The molecule has 0 saturated carbocycles. The topological polar surface area (TPSA) is 59.7 Å². The van der Waals surface area contributed by atoms with E-state index in [9.17, 15) is 9.59 Å². The smallest absolute Gasteiger partial charge is 0.409 e. The van der Waals surface area contributed by atoms with Gasteiger partial charge in [-0.3, -0.25) is 14.4 Å². The number of carbonyl (C=O) groups is 1. The molecule has 1 fully saturated rings. The third-order valence-electron chi connectivity index (χ3n) is 4.95. The Hall–Kier alpha value is -2.54. The summed E-state index contributed by atoms with van der Waals surface area (Å²) in [6.07, 6.45) is -0.255. The van der Waals surface area contributed by atoms with Crippen LogP contribution in [0.4, 0.5) is 4.79 Å². The van der Waals surface area contributed by atoms with Gasteiger partial charge in [0.1, 0.15) is 0 Å². The van der Waals surface area contributed by atoms with Gasteiger partial charge in [0, 0.05) is 45.5 Å². The quantitative estimate of drug-likeness (QED) is 0.836. The van der Waals surface area contributed by atoms with Crippen molar-refractivity contribution in [2.75, 3.05) is 32.8 Å². The number of carbonyl (C=O) groups excluding carboxylic acids is 1. The summed E-state index contributed by atoms with van der Waals surface area (Å²) in [5, 5.41) is 0. The number of aromatic nitrogens is 2. The molecule has 26 heavy (non-hydrogen) atoms. The third-order valence-corrected chi connectivity index (χ3v) is 4.95. The Kier molecular flexibility index (Phi) is 5.46. The monoisotopic (exact) mass is 358 g/mol. The van der Waals surface area contributed by atoms with Crippen LogP contribution in [0.2, 0.25) is 0 Å². The van der Waals surface area contributed by atoms with E-state index in [1.165, 1.54) is 0 Å². The molecule has 3 rings (SSSR count). The van der Waals surface area contributed by atoms with Gasteiger partial charge in [0.2, 0.25) is 0 Å². The highest BCUT2D eigenvalue weighted by molar-refractivity contribution is 5.67. The SMILES string of the molecule is CCOC(=O)N1CCN(Cc2c(C)n(C)n(-c3ccccc3)c2=O)CC1. The molecule has 1 aliphatic heterocycles. The first-order valence-electron chi connectivity index (χ1n) is 9.00. The number of amides is 1. The van der Waals surface area contributed by atoms with Crippen LogP contribution in [0.3, 0.4) is 0 Å². The zero-order chi connectivity index (χ0) is 18.7. The second-order valence-electron chi connectivity index (χ2n) is 6.50. The predicted octanol–water partition coefficient (Wildman–Crippen LogP) is 1.76. The van der Waals surface area contributed by atoms with Gasteiger partial charge in [-0.2, -0.15) is 0 Å². The molecule has 0 bridgehead atoms. The minimum atomic E-state index is -0.255. The lowest BCUT2D eigenvalue weighted by Gasteiger charge is -2.33. The van der Waals surface area contributed by atoms with E-state index in [0.29, 0.717) is 26.2 Å². The summed E-state index contributed by atoms with van der Waals surface area (Å²) in [6.45, 7) is 7.48. The van der Waals surface area contributed by atoms with E-state index < -0.39 is 0 Å². The second-order valence-corrected chi connectivity index (χ2v) is 6.50. The van der Waals surface area contributed by atoms with E-state index in [1.807, 2.05) is 55.9 Å². The normalized spacial score (nSPS) is 15.3. The van der Waals surface area contributed by atoms with E-state index in [1.54, 1.807) is 9.58 Å². The van der Waals surface area contributed by atoms with Gasteiger partial charge < -0.3 is 9.64 Å². The fraction of sp³-hybridized carbons (Fsp3) is 0.474. The average molecular weight is 358 g/mol. The summed E-state index contributed by atoms with van der Waals surface area (Å²) in [5.74, 6) is 0. The van der Waals surface area contributed by atoms with Crippen molar-refractivity contribution in [3.63, 3.8) is 0 Å². The van der Waals surface area contributed by atoms with Crippen molar-refractivity contribution in [2.24, 2.45) is 7.05 Å². The maximum Gasteiger partial charge on any atom is 0.409 e. The molecule has 0 unspecified atom stereocenters. The van der Waals surface area contributed by atoms with E-state index in [0.717, 1.165) is 30.0 Å². The zero-order valence-corrected chi connectivity index (χ0v) is 15.6. The van der Waals surface area contributed by atoms with Crippen molar-refractivity contribution in [1.29, 1.82) is 0 Å². The fourth-order valence-electron chi connectivity index (χ4n) is 3.33. The van der Waals surface area contributed by atoms with Gasteiger partial charge in [-0.15, -0.1) is 0 Å². The highest BCUT2D eigenvalue weighted by Crippen LogP contribution is 2.13. The largest absolute Gasteiger partial charge is 0.450 e. The van der Waals surface area contributed by atoms with Crippen LogP contribution in [0.5, 0.6) is 0 Å². The van der Waals surface area contributed by atoms with Crippen molar-refractivity contribution in [3.8, 4) is 5.69 Å². The van der Waals surface area contributed by atoms with Gasteiger partial charge >= 0.3 is 6.09 Å². The first-order chi connectivity index (χ1) is 12.5. The Morgan fingerprint density at radius 1 is 1.12 bits per heavy atom. The lowest BCUT2D eigenvalue weighted by Crippen LogP contribution is -2.48. The maximum atomic E-state index is 13.0. The van der Waals surface area contributed by atoms with Gasteiger partial charge in [0.05, 0.1) is 17.9 Å². The van der Waals surface area contributed by atoms with Crippen LogP contribution >= 0.6 is 0 Å². The van der Waals surface area contributed by atoms with Crippen LogP contribution in [-0.4, -0.2) is 58.0 Å². The number of para-hydroxylation sites is 1. The third kappa shape index (κ3) is 3.53. The molecule has 2 heterocycles. The molecule has 0 spiro atoms. The summed E-state index contributed by atoms with van der Waals surface area (Å²) in [4.78, 5) is 28.7. The standard InChI is InChI=1S/C19H26N4O3/c1-4-26-19(25)22-12-10-21(11-13-22)14-17-15(2)20(3)23(18(17)24)16-8-6-5-7-9-16/h5-9H,4,10-14H2,1-3H3. The molecule has 140 valence electrons. The molecule has 1 saturated heterocycles. The molecule has 2 aromatic rings. The number of benzene rings is 1. The Balaban J connectivity index is 1.74. The number of hydrogen-bond acceptors (Lipinski definition) is 4. The predicted molar refractivity (Wildman–Crippen MR) is 99.6 cm³/mol. The number of nitrogens with zero attached hydrogens (tertiary/aromatic N) is 4. The Morgan fingerprint density at radius 3 is 2.38 bits per heavy atom. The molecule has 7 nitrogen and oxygen atoms in total. The first-order valence-corrected chi connectivity index (χ1v) is 9.00.